The van der Waals surface area contributed by atoms with Gasteiger partial charge in [0.05, 0.1) is 12.6 Å². The minimum Gasteiger partial charge on any atom is -0.464 e. The summed E-state index contributed by atoms with van der Waals surface area (Å²) in [4.78, 5) is 29.6. The average Bonchev–Trinajstić information content (AvgIpc) is 2.74. The van der Waals surface area contributed by atoms with Crippen molar-refractivity contribution >= 4 is 36.7 Å². The van der Waals surface area contributed by atoms with Gasteiger partial charge in [-0.2, -0.15) is 0 Å². The number of hydrogen-bond acceptors (Lipinski definition) is 5. The first-order valence-electron chi connectivity index (χ1n) is 11.1. The Morgan fingerprint density at radius 2 is 1.91 bits per heavy atom. The maximum atomic E-state index is 13.1. The molecule has 1 aromatic carbocycles. The van der Waals surface area contributed by atoms with E-state index in [9.17, 15) is 9.59 Å². The van der Waals surface area contributed by atoms with Gasteiger partial charge in [-0.05, 0) is 44.1 Å². The smallest absolute Gasteiger partial charge is 0.328 e. The first kappa shape index (κ1) is 28.4. The summed E-state index contributed by atoms with van der Waals surface area (Å²) in [6.07, 6.45) is 5.25. The zero-order chi connectivity index (χ0) is 21.5. The SMILES string of the molecule is CCOC(=O)[C@H]1C[C@H](C)CCN1C(=O)[C@@H](N)CC1=CCCN(Cc2ccccc2)C1.Cl.Cl. The van der Waals surface area contributed by atoms with Gasteiger partial charge in [-0.1, -0.05) is 48.9 Å². The molecule has 0 spiro atoms. The number of likely N-dealkylation sites (tertiary alicyclic amines) is 1. The Labute approximate surface area is 204 Å². The molecule has 32 heavy (non-hydrogen) atoms. The molecule has 1 aromatic rings. The van der Waals surface area contributed by atoms with Gasteiger partial charge in [-0.15, -0.1) is 24.8 Å². The summed E-state index contributed by atoms with van der Waals surface area (Å²) in [5, 5.41) is 0. The van der Waals surface area contributed by atoms with E-state index in [0.29, 0.717) is 31.9 Å². The molecule has 0 unspecified atom stereocenters. The van der Waals surface area contributed by atoms with Crippen LogP contribution in [0.3, 0.4) is 0 Å². The first-order valence-corrected chi connectivity index (χ1v) is 11.1. The number of nitrogens with two attached hydrogens (primary N) is 1. The number of rotatable bonds is 7. The van der Waals surface area contributed by atoms with E-state index < -0.39 is 12.1 Å². The van der Waals surface area contributed by atoms with Crippen LogP contribution in [0.5, 0.6) is 0 Å². The third kappa shape index (κ3) is 7.77. The molecule has 2 aliphatic heterocycles. The summed E-state index contributed by atoms with van der Waals surface area (Å²) in [7, 11) is 0. The second kappa shape index (κ2) is 13.8. The van der Waals surface area contributed by atoms with Crippen LogP contribution in [0, 0.1) is 5.92 Å². The molecule has 3 rings (SSSR count). The number of benzene rings is 1. The van der Waals surface area contributed by atoms with Gasteiger partial charge in [0.25, 0.3) is 0 Å². The number of ether oxygens (including phenoxy) is 1. The van der Waals surface area contributed by atoms with Crippen molar-refractivity contribution in [2.45, 2.75) is 58.2 Å². The average molecular weight is 486 g/mol. The highest BCUT2D eigenvalue weighted by Crippen LogP contribution is 2.25. The van der Waals surface area contributed by atoms with Gasteiger partial charge < -0.3 is 15.4 Å². The fourth-order valence-electron chi connectivity index (χ4n) is 4.46. The number of nitrogens with zero attached hydrogens (tertiary/aromatic N) is 2. The second-order valence-electron chi connectivity index (χ2n) is 8.59. The van der Waals surface area contributed by atoms with Crippen LogP contribution in [0.15, 0.2) is 42.0 Å². The number of carbonyl (C=O) groups excluding carboxylic acids is 2. The van der Waals surface area contributed by atoms with Gasteiger partial charge in [0.2, 0.25) is 5.91 Å². The molecule has 0 radical (unpaired) electrons. The Kier molecular flexibility index (Phi) is 12.3. The monoisotopic (exact) mass is 485 g/mol. The van der Waals surface area contributed by atoms with Gasteiger partial charge in [-0.3, -0.25) is 9.69 Å². The fourth-order valence-corrected chi connectivity index (χ4v) is 4.46. The van der Waals surface area contributed by atoms with Gasteiger partial charge in [0, 0.05) is 26.2 Å². The first-order chi connectivity index (χ1) is 14.5. The van der Waals surface area contributed by atoms with Crippen molar-refractivity contribution in [3.8, 4) is 0 Å². The van der Waals surface area contributed by atoms with Gasteiger partial charge in [0.15, 0.2) is 0 Å². The van der Waals surface area contributed by atoms with Crippen molar-refractivity contribution in [3.63, 3.8) is 0 Å². The van der Waals surface area contributed by atoms with Crippen LogP contribution in [-0.2, 0) is 20.9 Å². The van der Waals surface area contributed by atoms with E-state index in [1.807, 2.05) is 6.07 Å². The number of hydrogen-bond donors (Lipinski definition) is 1. The fraction of sp³-hybridized carbons (Fsp3) is 0.583. The van der Waals surface area contributed by atoms with Crippen molar-refractivity contribution in [1.82, 2.24) is 9.80 Å². The number of piperidine rings is 1. The highest BCUT2D eigenvalue weighted by atomic mass is 35.5. The van der Waals surface area contributed by atoms with Gasteiger partial charge in [-0.25, -0.2) is 4.79 Å². The summed E-state index contributed by atoms with van der Waals surface area (Å²) >= 11 is 0. The van der Waals surface area contributed by atoms with Crippen LogP contribution in [0.1, 0.15) is 45.1 Å². The lowest BCUT2D eigenvalue weighted by molar-refractivity contribution is -0.158. The normalized spacial score (nSPS) is 22.1. The van der Waals surface area contributed by atoms with Crippen molar-refractivity contribution in [3.05, 3.63) is 47.5 Å². The molecule has 1 fully saturated rings. The van der Waals surface area contributed by atoms with Crippen LogP contribution in [0.25, 0.3) is 0 Å². The maximum Gasteiger partial charge on any atom is 0.328 e. The second-order valence-corrected chi connectivity index (χ2v) is 8.59. The van der Waals surface area contributed by atoms with Crippen LogP contribution < -0.4 is 5.73 Å². The Morgan fingerprint density at radius 3 is 2.59 bits per heavy atom. The molecule has 0 bridgehead atoms. The Hall–Kier alpha value is -1.60. The molecule has 2 heterocycles. The van der Waals surface area contributed by atoms with E-state index in [1.165, 1.54) is 11.1 Å². The van der Waals surface area contributed by atoms with Crippen molar-refractivity contribution in [2.75, 3.05) is 26.2 Å². The summed E-state index contributed by atoms with van der Waals surface area (Å²) in [5.41, 5.74) is 8.84. The molecular weight excluding hydrogens is 449 g/mol. The predicted molar refractivity (Wildman–Crippen MR) is 132 cm³/mol. The molecular formula is C24H37Cl2N3O3. The summed E-state index contributed by atoms with van der Waals surface area (Å²) in [6, 6.07) is 9.29. The lowest BCUT2D eigenvalue weighted by atomic mass is 9.91. The molecule has 2 N–H and O–H groups in total. The number of halogens is 2. The molecule has 1 saturated heterocycles. The highest BCUT2D eigenvalue weighted by molar-refractivity contribution is 5.88. The van der Waals surface area contributed by atoms with E-state index >= 15 is 0 Å². The lowest BCUT2D eigenvalue weighted by Crippen LogP contribution is -2.55. The molecule has 2 aliphatic rings. The van der Waals surface area contributed by atoms with Crippen molar-refractivity contribution in [1.29, 1.82) is 0 Å². The van der Waals surface area contributed by atoms with E-state index in [-0.39, 0.29) is 36.7 Å². The molecule has 1 amide bonds. The number of carbonyl (C=O) groups is 2. The molecule has 180 valence electrons. The third-order valence-electron chi connectivity index (χ3n) is 6.06. The summed E-state index contributed by atoms with van der Waals surface area (Å²) in [5.74, 6) is -0.0520. The maximum absolute atomic E-state index is 13.1. The molecule has 0 saturated carbocycles. The quantitative estimate of drug-likeness (QED) is 0.471. The van der Waals surface area contributed by atoms with Gasteiger partial charge >= 0.3 is 5.97 Å². The number of esters is 1. The van der Waals surface area contributed by atoms with Crippen LogP contribution in [0.2, 0.25) is 0 Å². The standard InChI is InChI=1S/C24H35N3O3.2ClH/c1-3-30-24(29)22-14-18(2)11-13-27(22)23(28)21(25)15-20-10-7-12-26(17-20)16-19-8-5-4-6-9-19;;/h4-6,8-10,18,21-22H,3,7,11-17,25H2,1-2H3;2*1H/t18-,21+,22-;;/m1../s1. The minimum atomic E-state index is -0.627. The molecule has 8 heteroatoms. The molecule has 6 nitrogen and oxygen atoms in total. The topological polar surface area (TPSA) is 75.9 Å². The van der Waals surface area contributed by atoms with E-state index in [2.05, 4.69) is 42.2 Å². The lowest BCUT2D eigenvalue weighted by Gasteiger charge is -2.38. The molecule has 0 aliphatic carbocycles. The van der Waals surface area contributed by atoms with Crippen LogP contribution in [-0.4, -0.2) is 60.0 Å². The molecule has 0 aromatic heterocycles. The van der Waals surface area contributed by atoms with Crippen LogP contribution >= 0.6 is 24.8 Å². The minimum absolute atomic E-state index is 0. The number of amides is 1. The van der Waals surface area contributed by atoms with Crippen molar-refractivity contribution < 1.29 is 14.3 Å². The highest BCUT2D eigenvalue weighted by Gasteiger charge is 2.37. The zero-order valence-corrected chi connectivity index (χ0v) is 20.7. The van der Waals surface area contributed by atoms with Crippen LogP contribution in [0.4, 0.5) is 0 Å². The Balaban J connectivity index is 0.00000256. The van der Waals surface area contributed by atoms with E-state index in [4.69, 9.17) is 10.5 Å². The van der Waals surface area contributed by atoms with E-state index in [0.717, 1.165) is 32.5 Å². The third-order valence-corrected chi connectivity index (χ3v) is 6.06. The van der Waals surface area contributed by atoms with Crippen molar-refractivity contribution in [2.24, 2.45) is 11.7 Å². The predicted octanol–water partition coefficient (Wildman–Crippen LogP) is 3.57. The largest absolute Gasteiger partial charge is 0.464 e. The van der Waals surface area contributed by atoms with Gasteiger partial charge in [0.1, 0.15) is 6.04 Å². The molecule has 3 atom stereocenters. The Bertz CT molecular complexity index is 760. The van der Waals surface area contributed by atoms with E-state index in [1.54, 1.807) is 11.8 Å². The summed E-state index contributed by atoms with van der Waals surface area (Å²) < 4.78 is 5.22. The summed E-state index contributed by atoms with van der Waals surface area (Å²) in [6.45, 7) is 7.53. The Morgan fingerprint density at radius 1 is 1.19 bits per heavy atom. The zero-order valence-electron chi connectivity index (χ0n) is 19.1.